The average molecular weight is 280 g/mol. The van der Waals surface area contributed by atoms with Crippen molar-refractivity contribution in [3.05, 3.63) is 35.6 Å². The van der Waals surface area contributed by atoms with Crippen molar-refractivity contribution in [2.24, 2.45) is 0 Å². The molecule has 0 saturated heterocycles. The maximum Gasteiger partial charge on any atom is 0.162 e. The highest BCUT2D eigenvalue weighted by Gasteiger charge is 2.08. The van der Waals surface area contributed by atoms with Crippen molar-refractivity contribution in [3.63, 3.8) is 0 Å². The SMILES string of the molecule is CCCCCCC(C)OCC(=O)Cc1ccc(F)cc1. The quantitative estimate of drug-likeness (QED) is 0.597. The lowest BCUT2D eigenvalue weighted by molar-refractivity contribution is -0.124. The molecule has 0 aliphatic rings. The van der Waals surface area contributed by atoms with Crippen molar-refractivity contribution >= 4 is 5.78 Å². The van der Waals surface area contributed by atoms with Crippen LogP contribution < -0.4 is 0 Å². The van der Waals surface area contributed by atoms with Gasteiger partial charge in [0.25, 0.3) is 0 Å². The molecule has 1 atom stereocenters. The molecule has 0 bridgehead atoms. The van der Waals surface area contributed by atoms with Gasteiger partial charge in [0.15, 0.2) is 5.78 Å². The van der Waals surface area contributed by atoms with Crippen molar-refractivity contribution in [1.82, 2.24) is 0 Å². The van der Waals surface area contributed by atoms with E-state index in [2.05, 4.69) is 6.92 Å². The molecule has 0 heterocycles. The van der Waals surface area contributed by atoms with Crippen LogP contribution in [0.1, 0.15) is 51.5 Å². The van der Waals surface area contributed by atoms with E-state index in [0.29, 0.717) is 6.42 Å². The van der Waals surface area contributed by atoms with Gasteiger partial charge in [-0.05, 0) is 31.0 Å². The number of ketones is 1. The second kappa shape index (κ2) is 9.65. The third-order valence-electron chi connectivity index (χ3n) is 3.31. The van der Waals surface area contributed by atoms with Gasteiger partial charge in [-0.2, -0.15) is 0 Å². The third kappa shape index (κ3) is 7.39. The van der Waals surface area contributed by atoms with Gasteiger partial charge in [0, 0.05) is 6.42 Å². The fourth-order valence-electron chi connectivity index (χ4n) is 2.06. The first-order valence-corrected chi connectivity index (χ1v) is 7.49. The van der Waals surface area contributed by atoms with Gasteiger partial charge in [0.2, 0.25) is 0 Å². The van der Waals surface area contributed by atoms with Crippen molar-refractivity contribution in [3.8, 4) is 0 Å². The zero-order valence-electron chi connectivity index (χ0n) is 12.5. The molecule has 1 rings (SSSR count). The normalized spacial score (nSPS) is 12.3. The van der Waals surface area contributed by atoms with Gasteiger partial charge in [-0.15, -0.1) is 0 Å². The number of carbonyl (C=O) groups excluding carboxylic acids is 1. The summed E-state index contributed by atoms with van der Waals surface area (Å²) >= 11 is 0. The molecule has 0 aliphatic heterocycles. The van der Waals surface area contributed by atoms with E-state index in [1.165, 1.54) is 31.4 Å². The summed E-state index contributed by atoms with van der Waals surface area (Å²) in [4.78, 5) is 11.8. The van der Waals surface area contributed by atoms with Gasteiger partial charge in [-0.1, -0.05) is 44.7 Å². The van der Waals surface area contributed by atoms with Crippen LogP contribution in [0, 0.1) is 5.82 Å². The molecule has 1 aromatic carbocycles. The molecule has 112 valence electrons. The number of unbranched alkanes of at least 4 members (excludes halogenated alkanes) is 3. The smallest absolute Gasteiger partial charge is 0.162 e. The minimum absolute atomic E-state index is 0.0389. The van der Waals surface area contributed by atoms with Gasteiger partial charge in [-0.25, -0.2) is 4.39 Å². The van der Waals surface area contributed by atoms with E-state index in [1.807, 2.05) is 6.92 Å². The number of rotatable bonds is 10. The van der Waals surface area contributed by atoms with Gasteiger partial charge in [0.05, 0.1) is 6.10 Å². The second-order valence-electron chi connectivity index (χ2n) is 5.31. The summed E-state index contributed by atoms with van der Waals surface area (Å²) in [7, 11) is 0. The minimum Gasteiger partial charge on any atom is -0.371 e. The molecule has 0 spiro atoms. The predicted octanol–water partition coefficient (Wildman–Crippen LogP) is 4.31. The van der Waals surface area contributed by atoms with Gasteiger partial charge >= 0.3 is 0 Å². The fraction of sp³-hybridized carbons (Fsp3) is 0.588. The molecule has 0 fully saturated rings. The predicted molar refractivity (Wildman–Crippen MR) is 79.3 cm³/mol. The average Bonchev–Trinajstić information content (AvgIpc) is 2.44. The molecule has 0 saturated carbocycles. The first-order valence-electron chi connectivity index (χ1n) is 7.49. The summed E-state index contributed by atoms with van der Waals surface area (Å²) < 4.78 is 18.3. The molecule has 1 unspecified atom stereocenters. The first-order chi connectivity index (χ1) is 9.61. The van der Waals surface area contributed by atoms with E-state index in [4.69, 9.17) is 4.74 Å². The molecule has 0 aromatic heterocycles. The van der Waals surface area contributed by atoms with Crippen LogP contribution in [0.4, 0.5) is 4.39 Å². The number of Topliss-reactive ketones (excluding diaryl/α,β-unsaturated/α-hetero) is 1. The lowest BCUT2D eigenvalue weighted by Gasteiger charge is -2.12. The van der Waals surface area contributed by atoms with E-state index in [0.717, 1.165) is 18.4 Å². The van der Waals surface area contributed by atoms with Crippen LogP contribution in [0.15, 0.2) is 24.3 Å². The minimum atomic E-state index is -0.279. The lowest BCUT2D eigenvalue weighted by Crippen LogP contribution is -2.17. The fourth-order valence-corrected chi connectivity index (χ4v) is 2.06. The topological polar surface area (TPSA) is 26.3 Å². The Morgan fingerprint density at radius 3 is 2.55 bits per heavy atom. The highest BCUT2D eigenvalue weighted by Crippen LogP contribution is 2.09. The highest BCUT2D eigenvalue weighted by molar-refractivity contribution is 5.82. The van der Waals surface area contributed by atoms with Crippen LogP contribution in [0.25, 0.3) is 0 Å². The van der Waals surface area contributed by atoms with Gasteiger partial charge in [0.1, 0.15) is 12.4 Å². The van der Waals surface area contributed by atoms with E-state index in [-0.39, 0.29) is 24.3 Å². The summed E-state index contributed by atoms with van der Waals surface area (Å²) in [6.07, 6.45) is 6.31. The molecule has 3 heteroatoms. The van der Waals surface area contributed by atoms with Crippen molar-refractivity contribution < 1.29 is 13.9 Å². The Kier molecular flexibility index (Phi) is 8.12. The molecular weight excluding hydrogens is 255 g/mol. The van der Waals surface area contributed by atoms with Crippen LogP contribution in [-0.4, -0.2) is 18.5 Å². The maximum atomic E-state index is 12.7. The second-order valence-corrected chi connectivity index (χ2v) is 5.31. The first kappa shape index (κ1) is 16.8. The summed E-state index contributed by atoms with van der Waals surface area (Å²) in [5.74, 6) is -0.241. The summed E-state index contributed by atoms with van der Waals surface area (Å²) in [5.41, 5.74) is 0.829. The number of ether oxygens (including phenoxy) is 1. The molecule has 0 radical (unpaired) electrons. The number of hydrogen-bond donors (Lipinski definition) is 0. The molecular formula is C17H25FO2. The van der Waals surface area contributed by atoms with Crippen molar-refractivity contribution in [2.75, 3.05) is 6.61 Å². The lowest BCUT2D eigenvalue weighted by atomic mass is 10.1. The van der Waals surface area contributed by atoms with Crippen LogP contribution in [0.5, 0.6) is 0 Å². The number of benzene rings is 1. The van der Waals surface area contributed by atoms with Gasteiger partial charge < -0.3 is 4.74 Å². The summed E-state index contributed by atoms with van der Waals surface area (Å²) in [6.45, 7) is 4.34. The maximum absolute atomic E-state index is 12.7. The summed E-state index contributed by atoms with van der Waals surface area (Å²) in [6, 6.07) is 6.03. The Hall–Kier alpha value is -1.22. The van der Waals surface area contributed by atoms with Crippen LogP contribution in [-0.2, 0) is 16.0 Å². The monoisotopic (exact) mass is 280 g/mol. The van der Waals surface area contributed by atoms with E-state index in [1.54, 1.807) is 12.1 Å². The molecule has 0 amide bonds. The zero-order chi connectivity index (χ0) is 14.8. The van der Waals surface area contributed by atoms with Crippen LogP contribution in [0.3, 0.4) is 0 Å². The van der Waals surface area contributed by atoms with E-state index < -0.39 is 0 Å². The Bertz CT molecular complexity index is 386. The van der Waals surface area contributed by atoms with Crippen molar-refractivity contribution in [2.45, 2.75) is 58.5 Å². The standard InChI is InChI=1S/C17H25FO2/c1-3-4-5-6-7-14(2)20-13-17(19)12-15-8-10-16(18)11-9-15/h8-11,14H,3-7,12-13H2,1-2H3. The Morgan fingerprint density at radius 2 is 1.90 bits per heavy atom. The molecule has 20 heavy (non-hydrogen) atoms. The van der Waals surface area contributed by atoms with Crippen molar-refractivity contribution in [1.29, 1.82) is 0 Å². The van der Waals surface area contributed by atoms with Crippen LogP contribution >= 0.6 is 0 Å². The number of hydrogen-bond acceptors (Lipinski definition) is 2. The molecule has 1 aromatic rings. The largest absolute Gasteiger partial charge is 0.371 e. The third-order valence-corrected chi connectivity index (χ3v) is 3.31. The Labute approximate surface area is 121 Å². The Morgan fingerprint density at radius 1 is 1.20 bits per heavy atom. The van der Waals surface area contributed by atoms with Gasteiger partial charge in [-0.3, -0.25) is 4.79 Å². The summed E-state index contributed by atoms with van der Waals surface area (Å²) in [5, 5.41) is 0. The zero-order valence-corrected chi connectivity index (χ0v) is 12.5. The molecule has 0 N–H and O–H groups in total. The number of carbonyl (C=O) groups is 1. The van der Waals surface area contributed by atoms with Crippen LogP contribution in [0.2, 0.25) is 0 Å². The molecule has 2 nitrogen and oxygen atoms in total. The van der Waals surface area contributed by atoms with E-state index in [9.17, 15) is 9.18 Å². The molecule has 0 aliphatic carbocycles. The van der Waals surface area contributed by atoms with E-state index >= 15 is 0 Å². The Balaban J connectivity index is 2.17. The highest BCUT2D eigenvalue weighted by atomic mass is 19.1. The number of halogens is 1.